The van der Waals surface area contributed by atoms with Crippen molar-refractivity contribution in [1.82, 2.24) is 0 Å². The maximum Gasteiger partial charge on any atom is 0.466 e. The van der Waals surface area contributed by atoms with Crippen molar-refractivity contribution < 1.29 is 99.5 Å². The van der Waals surface area contributed by atoms with E-state index < -0.39 is 23.5 Å². The molecule has 0 amide bonds. The van der Waals surface area contributed by atoms with E-state index in [0.717, 1.165) is 0 Å². The quantitative estimate of drug-likeness (QED) is 0.176. The van der Waals surface area contributed by atoms with Crippen LogP contribution in [0.4, 0.5) is 0 Å². The molecule has 9 N–H and O–H groups in total. The topological polar surface area (TPSA) is 233 Å². The van der Waals surface area contributed by atoms with Gasteiger partial charge < -0.3 is 44.0 Å². The van der Waals surface area contributed by atoms with Gasteiger partial charge in [0.15, 0.2) is 0 Å². The van der Waals surface area contributed by atoms with Crippen LogP contribution in [0, 0.1) is 41.7 Å². The SMILES string of the molecule is O=P(O)(O)O.O=P(O)(O)O.O=P(O)(O)O.[Ce]. The number of phosphoric acid groups is 3. The Balaban J connectivity index is -0.0000000655. The molecule has 12 nitrogen and oxygen atoms in total. The molecule has 0 atom stereocenters. The predicted octanol–water partition coefficient (Wildman–Crippen LogP) is -2.79. The molecule has 0 spiro atoms. The first-order valence-electron chi connectivity index (χ1n) is 2.35. The maximum absolute atomic E-state index is 8.88. The minimum Gasteiger partial charge on any atom is -0.303 e. The van der Waals surface area contributed by atoms with E-state index in [2.05, 4.69) is 0 Å². The van der Waals surface area contributed by atoms with E-state index in [9.17, 15) is 0 Å². The molecule has 0 aromatic carbocycles. The van der Waals surface area contributed by atoms with Gasteiger partial charge in [-0.1, -0.05) is 0 Å². The molecule has 0 fully saturated rings. The van der Waals surface area contributed by atoms with E-state index in [1.807, 2.05) is 0 Å². The summed E-state index contributed by atoms with van der Waals surface area (Å²) in [6, 6.07) is 0. The molecular formula is H9CeO12P3. The fourth-order valence-electron chi connectivity index (χ4n) is 0. The first-order valence-corrected chi connectivity index (χ1v) is 7.04. The summed E-state index contributed by atoms with van der Waals surface area (Å²) in [5.41, 5.74) is 0. The van der Waals surface area contributed by atoms with Crippen LogP contribution in [-0.4, -0.2) is 44.0 Å². The average Bonchev–Trinajstić information content (AvgIpc) is 1.41. The van der Waals surface area contributed by atoms with Crippen molar-refractivity contribution in [2.45, 2.75) is 0 Å². The first-order chi connectivity index (χ1) is 6.00. The van der Waals surface area contributed by atoms with Crippen LogP contribution in [0.3, 0.4) is 0 Å². The molecule has 0 radical (unpaired) electrons. The van der Waals surface area contributed by atoms with E-state index in [1.54, 1.807) is 0 Å². The van der Waals surface area contributed by atoms with Gasteiger partial charge in [-0.3, -0.25) is 0 Å². The number of hydrogen-bond acceptors (Lipinski definition) is 3. The van der Waals surface area contributed by atoms with Crippen molar-refractivity contribution in [3.05, 3.63) is 0 Å². The largest absolute Gasteiger partial charge is 0.466 e. The summed E-state index contributed by atoms with van der Waals surface area (Å²) < 4.78 is 26.6. The summed E-state index contributed by atoms with van der Waals surface area (Å²) in [4.78, 5) is 64.7. The van der Waals surface area contributed by atoms with Crippen molar-refractivity contribution in [2.24, 2.45) is 0 Å². The van der Waals surface area contributed by atoms with Crippen LogP contribution < -0.4 is 0 Å². The van der Waals surface area contributed by atoms with Crippen molar-refractivity contribution in [3.8, 4) is 0 Å². The average molecular weight is 434 g/mol. The van der Waals surface area contributed by atoms with Gasteiger partial charge >= 0.3 is 23.5 Å². The Hall–Kier alpha value is 1.71. The first kappa shape index (κ1) is 26.3. The van der Waals surface area contributed by atoms with Gasteiger partial charge in [-0.25, -0.2) is 13.7 Å². The predicted molar refractivity (Wildman–Crippen MR) is 42.8 cm³/mol. The summed E-state index contributed by atoms with van der Waals surface area (Å²) >= 11 is 0. The second kappa shape index (κ2) is 10.6. The van der Waals surface area contributed by atoms with Gasteiger partial charge in [0.2, 0.25) is 0 Å². The van der Waals surface area contributed by atoms with E-state index in [1.165, 1.54) is 0 Å². The molecule has 0 unspecified atom stereocenters. The molecular weight excluding hydrogens is 425 g/mol. The third-order valence-corrected chi connectivity index (χ3v) is 0. The van der Waals surface area contributed by atoms with Gasteiger partial charge in [0.05, 0.1) is 0 Å². The van der Waals surface area contributed by atoms with Crippen LogP contribution in [0.5, 0.6) is 0 Å². The molecule has 0 aromatic heterocycles. The van der Waals surface area contributed by atoms with Crippen molar-refractivity contribution in [3.63, 3.8) is 0 Å². The Kier molecular flexibility index (Phi) is 17.4. The van der Waals surface area contributed by atoms with Crippen LogP contribution in [-0.2, 0) is 13.7 Å². The minimum absolute atomic E-state index is 0. The Labute approximate surface area is 122 Å². The third-order valence-electron chi connectivity index (χ3n) is 0. The van der Waals surface area contributed by atoms with Crippen molar-refractivity contribution in [2.75, 3.05) is 0 Å². The summed E-state index contributed by atoms with van der Waals surface area (Å²) in [7, 11) is -13.9. The Morgan fingerprint density at radius 3 is 0.438 bits per heavy atom. The normalized spacial score (nSPS) is 11.1. The van der Waals surface area contributed by atoms with Gasteiger partial charge in [0.25, 0.3) is 0 Å². The monoisotopic (exact) mass is 434 g/mol. The molecule has 16 heteroatoms. The number of hydrogen-bond donors (Lipinski definition) is 9. The Bertz CT molecular complexity index is 202. The minimum atomic E-state index is -4.64. The second-order valence-electron chi connectivity index (χ2n) is 1.54. The van der Waals surface area contributed by atoms with Crippen LogP contribution in [0.25, 0.3) is 0 Å². The number of rotatable bonds is 0. The molecule has 0 aliphatic heterocycles. The summed E-state index contributed by atoms with van der Waals surface area (Å²) in [5, 5.41) is 0. The van der Waals surface area contributed by atoms with Crippen LogP contribution in [0.15, 0.2) is 0 Å². The zero-order valence-corrected chi connectivity index (χ0v) is 12.9. The Morgan fingerprint density at radius 2 is 0.438 bits per heavy atom. The van der Waals surface area contributed by atoms with Gasteiger partial charge in [-0.2, -0.15) is 0 Å². The molecule has 0 aliphatic rings. The van der Waals surface area contributed by atoms with Gasteiger partial charge in [-0.15, -0.1) is 0 Å². The van der Waals surface area contributed by atoms with Crippen LogP contribution in [0.1, 0.15) is 0 Å². The van der Waals surface area contributed by atoms with E-state index in [4.69, 9.17) is 57.7 Å². The second-order valence-corrected chi connectivity index (χ2v) is 4.62. The summed E-state index contributed by atoms with van der Waals surface area (Å²) in [6.45, 7) is 0. The molecule has 16 heavy (non-hydrogen) atoms. The summed E-state index contributed by atoms with van der Waals surface area (Å²) in [6.07, 6.45) is 0. The van der Waals surface area contributed by atoms with E-state index in [-0.39, 0.29) is 41.7 Å². The van der Waals surface area contributed by atoms with Crippen LogP contribution in [0.2, 0.25) is 0 Å². The molecule has 0 saturated heterocycles. The zero-order valence-electron chi connectivity index (χ0n) is 7.09. The maximum atomic E-state index is 8.88. The molecule has 0 bridgehead atoms. The fourth-order valence-corrected chi connectivity index (χ4v) is 0. The molecule has 0 rings (SSSR count). The van der Waals surface area contributed by atoms with E-state index in [0.29, 0.717) is 0 Å². The molecule has 0 aliphatic carbocycles. The Morgan fingerprint density at radius 1 is 0.438 bits per heavy atom. The van der Waals surface area contributed by atoms with Gasteiger partial charge in [0, 0.05) is 41.7 Å². The van der Waals surface area contributed by atoms with Gasteiger partial charge in [0.1, 0.15) is 0 Å². The smallest absolute Gasteiger partial charge is 0.303 e. The third kappa shape index (κ3) is 1170. The standard InChI is InChI=1S/Ce.3H3O4P/c;3*1-5(2,3)4/h;3*(H3,1,2,3,4). The zero-order chi connectivity index (χ0) is 13.5. The van der Waals surface area contributed by atoms with Gasteiger partial charge in [-0.05, 0) is 0 Å². The fraction of sp³-hybridized carbons (Fsp3) is 0. The molecule has 0 heterocycles. The molecule has 0 saturated carbocycles. The van der Waals surface area contributed by atoms with Crippen molar-refractivity contribution in [1.29, 1.82) is 0 Å². The molecule has 0 aromatic rings. The molecule has 100 valence electrons. The summed E-state index contributed by atoms with van der Waals surface area (Å²) in [5.74, 6) is 0. The van der Waals surface area contributed by atoms with Crippen LogP contribution >= 0.6 is 23.5 Å². The van der Waals surface area contributed by atoms with Crippen molar-refractivity contribution >= 4 is 23.5 Å². The van der Waals surface area contributed by atoms with E-state index >= 15 is 0 Å².